The van der Waals surface area contributed by atoms with Crippen LogP contribution >= 0.6 is 23.1 Å². The highest BCUT2D eigenvalue weighted by atomic mass is 32.2. The van der Waals surface area contributed by atoms with E-state index in [1.165, 1.54) is 23.5 Å². The summed E-state index contributed by atoms with van der Waals surface area (Å²) in [5, 5.41) is 0. The van der Waals surface area contributed by atoms with Gasteiger partial charge in [-0.2, -0.15) is 0 Å². The van der Waals surface area contributed by atoms with E-state index in [4.69, 9.17) is 0 Å². The van der Waals surface area contributed by atoms with Gasteiger partial charge in [-0.1, -0.05) is 19.3 Å². The normalized spacial score (nSPS) is 17.9. The van der Waals surface area contributed by atoms with Crippen molar-refractivity contribution in [1.82, 2.24) is 0 Å². The Morgan fingerprint density at radius 3 is 2.67 bits per heavy atom. The molecule has 1 aliphatic carbocycles. The van der Waals surface area contributed by atoms with E-state index in [1.807, 2.05) is 6.07 Å². The summed E-state index contributed by atoms with van der Waals surface area (Å²) in [5.41, 5.74) is 0. The lowest BCUT2D eigenvalue weighted by molar-refractivity contribution is 0.0894. The van der Waals surface area contributed by atoms with Crippen LogP contribution in [0.1, 0.15) is 41.8 Å². The van der Waals surface area contributed by atoms with E-state index >= 15 is 0 Å². The Balaban J connectivity index is 2.05. The molecule has 0 spiro atoms. The van der Waals surface area contributed by atoms with Crippen LogP contribution in [0.3, 0.4) is 0 Å². The first kappa shape index (κ1) is 11.2. The number of carbonyl (C=O) groups excluding carboxylic acids is 1. The van der Waals surface area contributed by atoms with Crippen molar-refractivity contribution in [2.24, 2.45) is 5.92 Å². The lowest BCUT2D eigenvalue weighted by atomic mass is 9.86. The first-order chi connectivity index (χ1) is 7.31. The summed E-state index contributed by atoms with van der Waals surface area (Å²) in [6.07, 6.45) is 8.04. The average Bonchev–Trinajstić information content (AvgIpc) is 2.78. The minimum atomic E-state index is 0.312. The molecule has 1 aromatic rings. The Morgan fingerprint density at radius 2 is 2.07 bits per heavy atom. The molecule has 1 heterocycles. The van der Waals surface area contributed by atoms with E-state index in [0.717, 1.165) is 17.7 Å². The minimum absolute atomic E-state index is 0.312. The lowest BCUT2D eigenvalue weighted by Gasteiger charge is -2.19. The highest BCUT2D eigenvalue weighted by Gasteiger charge is 2.23. The second kappa shape index (κ2) is 5.17. The standard InChI is InChI=1S/C12H16OS2/c1-14-11-8-7-10(15-11)12(13)9-5-3-2-4-6-9/h7-9H,2-6H2,1H3. The number of thiophene rings is 1. The topological polar surface area (TPSA) is 17.1 Å². The maximum absolute atomic E-state index is 12.1. The molecule has 1 aromatic heterocycles. The predicted molar refractivity (Wildman–Crippen MR) is 67.0 cm³/mol. The van der Waals surface area contributed by atoms with Crippen molar-refractivity contribution in [2.75, 3.05) is 6.26 Å². The summed E-state index contributed by atoms with van der Waals surface area (Å²) in [5.74, 6) is 0.701. The monoisotopic (exact) mass is 240 g/mol. The smallest absolute Gasteiger partial charge is 0.175 e. The van der Waals surface area contributed by atoms with Crippen LogP contribution in [-0.4, -0.2) is 12.0 Å². The van der Waals surface area contributed by atoms with E-state index < -0.39 is 0 Å². The van der Waals surface area contributed by atoms with Crippen LogP contribution in [0, 0.1) is 5.92 Å². The number of carbonyl (C=O) groups is 1. The molecule has 15 heavy (non-hydrogen) atoms. The third-order valence-corrected chi connectivity index (χ3v) is 5.18. The van der Waals surface area contributed by atoms with Crippen LogP contribution in [0.15, 0.2) is 16.3 Å². The Labute approximate surface area is 99.3 Å². The van der Waals surface area contributed by atoms with Crippen molar-refractivity contribution in [2.45, 2.75) is 36.3 Å². The van der Waals surface area contributed by atoms with Gasteiger partial charge in [-0.3, -0.25) is 4.79 Å². The number of rotatable bonds is 3. The van der Waals surface area contributed by atoms with Crippen molar-refractivity contribution in [1.29, 1.82) is 0 Å². The molecule has 0 aromatic carbocycles. The quantitative estimate of drug-likeness (QED) is 0.581. The molecule has 3 heteroatoms. The third kappa shape index (κ3) is 2.64. The maximum Gasteiger partial charge on any atom is 0.175 e. The van der Waals surface area contributed by atoms with Gasteiger partial charge in [0.25, 0.3) is 0 Å². The largest absolute Gasteiger partial charge is 0.293 e. The zero-order chi connectivity index (χ0) is 10.7. The van der Waals surface area contributed by atoms with Gasteiger partial charge in [0.1, 0.15) is 0 Å². The fourth-order valence-electron chi connectivity index (χ4n) is 2.13. The second-order valence-electron chi connectivity index (χ2n) is 4.02. The van der Waals surface area contributed by atoms with Crippen LogP contribution in [0.5, 0.6) is 0 Å². The fraction of sp³-hybridized carbons (Fsp3) is 0.583. The predicted octanol–water partition coefficient (Wildman–Crippen LogP) is 4.23. The molecule has 1 saturated carbocycles. The highest BCUT2D eigenvalue weighted by Crippen LogP contribution is 2.31. The average molecular weight is 240 g/mol. The van der Waals surface area contributed by atoms with Crippen LogP contribution in [0.2, 0.25) is 0 Å². The van der Waals surface area contributed by atoms with Crippen molar-refractivity contribution in [3.63, 3.8) is 0 Å². The Kier molecular flexibility index (Phi) is 3.87. The summed E-state index contributed by atoms with van der Waals surface area (Å²) in [4.78, 5) is 13.1. The van der Waals surface area contributed by atoms with E-state index in [9.17, 15) is 4.79 Å². The van der Waals surface area contributed by atoms with Gasteiger partial charge in [-0.25, -0.2) is 0 Å². The summed E-state index contributed by atoms with van der Waals surface area (Å²) >= 11 is 3.37. The molecule has 0 radical (unpaired) electrons. The molecule has 0 amide bonds. The van der Waals surface area contributed by atoms with Crippen molar-refractivity contribution >= 4 is 28.9 Å². The van der Waals surface area contributed by atoms with Crippen LogP contribution in [0.4, 0.5) is 0 Å². The summed E-state index contributed by atoms with van der Waals surface area (Å²) in [6.45, 7) is 0. The zero-order valence-electron chi connectivity index (χ0n) is 8.99. The van der Waals surface area contributed by atoms with Gasteiger partial charge >= 0.3 is 0 Å². The first-order valence-electron chi connectivity index (χ1n) is 5.49. The number of ketones is 1. The van der Waals surface area contributed by atoms with E-state index in [0.29, 0.717) is 11.7 Å². The van der Waals surface area contributed by atoms with Crippen LogP contribution < -0.4 is 0 Å². The Bertz CT molecular complexity index is 337. The summed E-state index contributed by atoms with van der Waals surface area (Å²) in [7, 11) is 0. The summed E-state index contributed by atoms with van der Waals surface area (Å²) < 4.78 is 1.24. The number of Topliss-reactive ketones (excluding diaryl/α,β-unsaturated/α-hetero) is 1. The molecule has 0 bridgehead atoms. The van der Waals surface area contributed by atoms with Gasteiger partial charge in [0, 0.05) is 5.92 Å². The molecule has 0 saturated heterocycles. The van der Waals surface area contributed by atoms with Crippen molar-refractivity contribution in [3.05, 3.63) is 17.0 Å². The van der Waals surface area contributed by atoms with Crippen molar-refractivity contribution < 1.29 is 4.79 Å². The molecule has 1 aliphatic rings. The molecule has 0 N–H and O–H groups in total. The molecule has 0 unspecified atom stereocenters. The third-order valence-electron chi connectivity index (χ3n) is 3.00. The van der Waals surface area contributed by atoms with Crippen molar-refractivity contribution in [3.8, 4) is 0 Å². The van der Waals surface area contributed by atoms with E-state index in [1.54, 1.807) is 23.1 Å². The molecule has 0 atom stereocenters. The fourth-order valence-corrected chi connectivity index (χ4v) is 3.69. The van der Waals surface area contributed by atoms with E-state index in [2.05, 4.69) is 12.3 Å². The summed E-state index contributed by atoms with van der Waals surface area (Å²) in [6, 6.07) is 4.05. The SMILES string of the molecule is CSc1ccc(C(=O)C2CCCCC2)s1. The Hall–Kier alpha value is -0.280. The lowest BCUT2D eigenvalue weighted by Crippen LogP contribution is -2.16. The van der Waals surface area contributed by atoms with E-state index in [-0.39, 0.29) is 0 Å². The molecule has 1 fully saturated rings. The van der Waals surface area contributed by atoms with Gasteiger partial charge in [-0.05, 0) is 31.2 Å². The number of thioether (sulfide) groups is 1. The maximum atomic E-state index is 12.1. The number of hydrogen-bond acceptors (Lipinski definition) is 3. The molecule has 1 nitrogen and oxygen atoms in total. The van der Waals surface area contributed by atoms with Gasteiger partial charge in [0.05, 0.1) is 9.09 Å². The zero-order valence-corrected chi connectivity index (χ0v) is 10.6. The van der Waals surface area contributed by atoms with Gasteiger partial charge in [-0.15, -0.1) is 23.1 Å². The molecular formula is C12H16OS2. The van der Waals surface area contributed by atoms with Gasteiger partial charge in [0.2, 0.25) is 0 Å². The van der Waals surface area contributed by atoms with Crippen LogP contribution in [0.25, 0.3) is 0 Å². The second-order valence-corrected chi connectivity index (χ2v) is 6.21. The minimum Gasteiger partial charge on any atom is -0.293 e. The molecule has 82 valence electrons. The van der Waals surface area contributed by atoms with Gasteiger partial charge in [0.15, 0.2) is 5.78 Å². The highest BCUT2D eigenvalue weighted by molar-refractivity contribution is 8.00. The van der Waals surface area contributed by atoms with Gasteiger partial charge < -0.3 is 0 Å². The molecule has 0 aliphatic heterocycles. The Morgan fingerprint density at radius 1 is 1.33 bits per heavy atom. The molecular weight excluding hydrogens is 224 g/mol. The molecule has 2 rings (SSSR count). The first-order valence-corrected chi connectivity index (χ1v) is 7.53. The van der Waals surface area contributed by atoms with Crippen LogP contribution in [-0.2, 0) is 0 Å². The number of hydrogen-bond donors (Lipinski definition) is 0.